The average Bonchev–Trinajstić information content (AvgIpc) is 2.19. The van der Waals surface area contributed by atoms with Crippen LogP contribution in [0.3, 0.4) is 0 Å². The summed E-state index contributed by atoms with van der Waals surface area (Å²) in [5, 5.41) is 0. The van der Waals surface area contributed by atoms with Crippen molar-refractivity contribution in [1.29, 1.82) is 0 Å². The minimum atomic E-state index is 0. The zero-order valence-corrected chi connectivity index (χ0v) is 3.94. The summed E-state index contributed by atoms with van der Waals surface area (Å²) in [6, 6.07) is 0. The van der Waals surface area contributed by atoms with Crippen molar-refractivity contribution < 1.29 is 4.74 Å². The summed E-state index contributed by atoms with van der Waals surface area (Å²) in [5.41, 5.74) is 0. The van der Waals surface area contributed by atoms with E-state index in [0.29, 0.717) is 0 Å². The Morgan fingerprint density at radius 1 is 1.17 bits per heavy atom. The van der Waals surface area contributed by atoms with Crippen LogP contribution in [-0.4, -0.2) is 13.2 Å². The molecule has 38 valence electrons. The second-order valence-electron chi connectivity index (χ2n) is 0.612. The number of rotatable bonds is 0. The predicted octanol–water partition coefficient (Wildman–Crippen LogP) is 0.981. The summed E-state index contributed by atoms with van der Waals surface area (Å²) < 4.78 is 4.50. The quantitative estimate of drug-likeness (QED) is 0.355. The highest BCUT2D eigenvalue weighted by atomic mass is 16.6. The third-order valence-corrected chi connectivity index (χ3v) is 0.204. The molecule has 1 aliphatic heterocycles. The van der Waals surface area contributed by atoms with Crippen molar-refractivity contribution in [2.45, 2.75) is 0 Å². The van der Waals surface area contributed by atoms with Gasteiger partial charge in [-0.25, -0.2) is 0 Å². The summed E-state index contributed by atoms with van der Waals surface area (Å²) in [7, 11) is 0. The van der Waals surface area contributed by atoms with Crippen LogP contribution in [-0.2, 0) is 4.74 Å². The van der Waals surface area contributed by atoms with Crippen molar-refractivity contribution in [3.05, 3.63) is 13.2 Å². The van der Waals surface area contributed by atoms with Crippen molar-refractivity contribution >= 4 is 0 Å². The Kier molecular flexibility index (Phi) is 13.5. The second kappa shape index (κ2) is 8.82. The predicted molar refractivity (Wildman–Crippen MR) is 27.1 cm³/mol. The molecule has 0 aromatic carbocycles. The molecule has 0 unspecified atom stereocenters. The molecule has 3 N–H and O–H groups in total. The Balaban J connectivity index is 0. The molecule has 0 amide bonds. The van der Waals surface area contributed by atoms with Crippen molar-refractivity contribution in [3.8, 4) is 0 Å². The molecule has 0 spiro atoms. The van der Waals surface area contributed by atoms with Gasteiger partial charge in [-0.05, 0) is 0 Å². The van der Waals surface area contributed by atoms with Crippen LogP contribution in [0, 0.1) is 0 Å². The van der Waals surface area contributed by atoms with Crippen LogP contribution in [0.5, 0.6) is 0 Å². The van der Waals surface area contributed by atoms with Crippen LogP contribution in [0.1, 0.15) is 0 Å². The highest BCUT2D eigenvalue weighted by molar-refractivity contribution is 4.36. The fourth-order valence-corrected chi connectivity index (χ4v) is 0. The molecule has 1 heterocycles. The maximum Gasteiger partial charge on any atom is 0.0701 e. The lowest BCUT2D eigenvalue weighted by atomic mass is 11.0. The largest absolute Gasteiger partial charge is 0.377 e. The molecule has 2 nitrogen and oxygen atoms in total. The van der Waals surface area contributed by atoms with E-state index in [2.05, 4.69) is 17.9 Å². The SMILES string of the molecule is C1CO1.C=C.N. The van der Waals surface area contributed by atoms with Gasteiger partial charge in [-0.15, -0.1) is 13.2 Å². The minimum Gasteiger partial charge on any atom is -0.377 e. The Hall–Kier alpha value is -0.340. The molecule has 6 heavy (non-hydrogen) atoms. The first-order chi connectivity index (χ1) is 2.50. The van der Waals surface area contributed by atoms with E-state index < -0.39 is 0 Å². The molecule has 0 aromatic heterocycles. The van der Waals surface area contributed by atoms with Gasteiger partial charge in [0.2, 0.25) is 0 Å². The van der Waals surface area contributed by atoms with Gasteiger partial charge in [0.1, 0.15) is 0 Å². The summed E-state index contributed by atoms with van der Waals surface area (Å²) in [6.45, 7) is 8.00. The standard InChI is InChI=1S/C2H4O.C2H4.H3N/c1-2-3-1;1-2;/h1-2H2;1-2H2;1H3. The van der Waals surface area contributed by atoms with E-state index in [1.54, 1.807) is 0 Å². The van der Waals surface area contributed by atoms with Gasteiger partial charge in [-0.1, -0.05) is 0 Å². The van der Waals surface area contributed by atoms with Gasteiger partial charge in [0.25, 0.3) is 0 Å². The van der Waals surface area contributed by atoms with Crippen molar-refractivity contribution in [1.82, 2.24) is 6.15 Å². The fourth-order valence-electron chi connectivity index (χ4n) is 0. The molecule has 0 aliphatic carbocycles. The highest BCUT2D eigenvalue weighted by Crippen LogP contribution is 1.84. The van der Waals surface area contributed by atoms with E-state index in [4.69, 9.17) is 0 Å². The third kappa shape index (κ3) is 59.5. The molecule has 1 saturated heterocycles. The summed E-state index contributed by atoms with van der Waals surface area (Å²) >= 11 is 0. The van der Waals surface area contributed by atoms with Gasteiger partial charge in [-0.3, -0.25) is 0 Å². The maximum absolute atomic E-state index is 4.50. The van der Waals surface area contributed by atoms with Gasteiger partial charge in [0, 0.05) is 0 Å². The molecule has 1 fully saturated rings. The Bertz CT molecular complexity index is 18.8. The lowest BCUT2D eigenvalue weighted by Crippen LogP contribution is -1.20. The maximum atomic E-state index is 4.50. The van der Waals surface area contributed by atoms with Crippen LogP contribution in [0.4, 0.5) is 0 Å². The first kappa shape index (κ1) is 9.18. The Labute approximate surface area is 38.4 Å². The van der Waals surface area contributed by atoms with Crippen LogP contribution in [0.2, 0.25) is 0 Å². The first-order valence-corrected chi connectivity index (χ1v) is 1.58. The van der Waals surface area contributed by atoms with Gasteiger partial charge >= 0.3 is 0 Å². The van der Waals surface area contributed by atoms with E-state index in [-0.39, 0.29) is 6.15 Å². The third-order valence-electron chi connectivity index (χ3n) is 0.204. The number of ether oxygens (including phenoxy) is 1. The Morgan fingerprint density at radius 2 is 1.33 bits per heavy atom. The number of hydrogen-bond acceptors (Lipinski definition) is 2. The summed E-state index contributed by atoms with van der Waals surface area (Å²) in [5.74, 6) is 0. The van der Waals surface area contributed by atoms with Crippen molar-refractivity contribution in [2.24, 2.45) is 0 Å². The molecule has 1 aliphatic rings. The van der Waals surface area contributed by atoms with E-state index >= 15 is 0 Å². The number of epoxide rings is 1. The van der Waals surface area contributed by atoms with Gasteiger partial charge in [-0.2, -0.15) is 0 Å². The molecule has 0 saturated carbocycles. The minimum absolute atomic E-state index is 0. The Morgan fingerprint density at radius 3 is 1.33 bits per heavy atom. The zero-order valence-electron chi connectivity index (χ0n) is 3.94. The summed E-state index contributed by atoms with van der Waals surface area (Å²) in [4.78, 5) is 0. The molecular formula is C4H11NO. The molecule has 0 atom stereocenters. The topological polar surface area (TPSA) is 47.5 Å². The van der Waals surface area contributed by atoms with E-state index in [0.717, 1.165) is 13.2 Å². The zero-order chi connectivity index (χ0) is 4.12. The van der Waals surface area contributed by atoms with Crippen molar-refractivity contribution in [2.75, 3.05) is 13.2 Å². The molecule has 0 bridgehead atoms. The lowest BCUT2D eigenvalue weighted by molar-refractivity contribution is 0.475. The van der Waals surface area contributed by atoms with Crippen LogP contribution < -0.4 is 6.15 Å². The van der Waals surface area contributed by atoms with Crippen LogP contribution in [0.25, 0.3) is 0 Å². The van der Waals surface area contributed by atoms with E-state index in [9.17, 15) is 0 Å². The monoisotopic (exact) mass is 89.1 g/mol. The normalized spacial score (nSPS) is 12.7. The van der Waals surface area contributed by atoms with E-state index in [1.165, 1.54) is 0 Å². The molecule has 1 rings (SSSR count). The first-order valence-electron chi connectivity index (χ1n) is 1.58. The molecule has 2 heteroatoms. The molecule has 0 radical (unpaired) electrons. The van der Waals surface area contributed by atoms with Crippen molar-refractivity contribution in [3.63, 3.8) is 0 Å². The number of hydrogen-bond donors (Lipinski definition) is 1. The smallest absolute Gasteiger partial charge is 0.0701 e. The van der Waals surface area contributed by atoms with Gasteiger partial charge in [0.15, 0.2) is 0 Å². The lowest BCUT2D eigenvalue weighted by Gasteiger charge is -1.24. The van der Waals surface area contributed by atoms with Crippen LogP contribution >= 0.6 is 0 Å². The molecule has 0 aromatic rings. The highest BCUT2D eigenvalue weighted by Gasteiger charge is 1.94. The van der Waals surface area contributed by atoms with Crippen LogP contribution in [0.15, 0.2) is 13.2 Å². The summed E-state index contributed by atoms with van der Waals surface area (Å²) in [6.07, 6.45) is 0. The average molecular weight is 89.1 g/mol. The fraction of sp³-hybridized carbons (Fsp3) is 0.500. The van der Waals surface area contributed by atoms with E-state index in [1.807, 2.05) is 0 Å². The molecular weight excluding hydrogens is 78.0 g/mol. The van der Waals surface area contributed by atoms with Gasteiger partial charge in [0.05, 0.1) is 13.2 Å². The second-order valence-corrected chi connectivity index (χ2v) is 0.612. The van der Waals surface area contributed by atoms with Gasteiger partial charge < -0.3 is 10.9 Å².